The molecule has 0 unspecified atom stereocenters. The number of nitrogens with one attached hydrogen (secondary N) is 1. The number of halogens is 1. The first kappa shape index (κ1) is 16.0. The number of carbonyl (C=O) groups is 1. The molecule has 1 amide bonds. The molecule has 0 saturated carbocycles. The molecule has 4 nitrogen and oxygen atoms in total. The number of aryl methyl sites for hydroxylation is 1. The molecule has 0 atom stereocenters. The Hall–Kier alpha value is -1.92. The van der Waals surface area contributed by atoms with E-state index in [0.717, 1.165) is 22.3 Å². The summed E-state index contributed by atoms with van der Waals surface area (Å²) in [5.74, 6) is 0.733. The Morgan fingerprint density at radius 1 is 1.17 bits per heavy atom. The monoisotopic (exact) mass is 389 g/mol. The molecular weight excluding hydrogens is 374 g/mol. The van der Waals surface area contributed by atoms with Crippen molar-refractivity contribution in [1.29, 1.82) is 0 Å². The summed E-state index contributed by atoms with van der Waals surface area (Å²) < 4.78 is 2.84. The second-order valence-electron chi connectivity index (χ2n) is 5.18. The molecule has 118 valence electrons. The van der Waals surface area contributed by atoms with Gasteiger partial charge in [0.05, 0.1) is 12.7 Å². The van der Waals surface area contributed by atoms with E-state index in [1.807, 2.05) is 35.7 Å². The molecule has 6 heteroatoms. The normalized spacial score (nSPS) is 10.7. The van der Waals surface area contributed by atoms with Crippen molar-refractivity contribution in [3.05, 3.63) is 69.0 Å². The maximum Gasteiger partial charge on any atom is 0.225 e. The second kappa shape index (κ2) is 7.57. The number of anilines is 1. The number of thiophene rings is 1. The van der Waals surface area contributed by atoms with Crippen molar-refractivity contribution >= 4 is 39.0 Å². The average Bonchev–Trinajstić information content (AvgIpc) is 3.20. The van der Waals surface area contributed by atoms with E-state index in [2.05, 4.69) is 37.8 Å². The molecule has 0 aliphatic heterocycles. The molecule has 3 aromatic rings. The first-order valence-corrected chi connectivity index (χ1v) is 9.01. The van der Waals surface area contributed by atoms with Crippen LogP contribution in [-0.2, 0) is 17.8 Å². The van der Waals surface area contributed by atoms with Gasteiger partial charge >= 0.3 is 0 Å². The highest BCUT2D eigenvalue weighted by molar-refractivity contribution is 9.10. The van der Waals surface area contributed by atoms with Crippen LogP contribution in [0.15, 0.2) is 57.8 Å². The van der Waals surface area contributed by atoms with Crippen molar-refractivity contribution in [1.82, 2.24) is 9.78 Å². The Morgan fingerprint density at radius 2 is 2.00 bits per heavy atom. The summed E-state index contributed by atoms with van der Waals surface area (Å²) in [4.78, 5) is 12.1. The van der Waals surface area contributed by atoms with Crippen LogP contribution in [0.4, 0.5) is 5.82 Å². The quantitative estimate of drug-likeness (QED) is 0.681. The van der Waals surface area contributed by atoms with Crippen molar-refractivity contribution in [2.75, 3.05) is 5.32 Å². The molecule has 0 aliphatic carbocycles. The Labute approximate surface area is 147 Å². The van der Waals surface area contributed by atoms with Crippen LogP contribution < -0.4 is 5.32 Å². The number of benzene rings is 1. The van der Waals surface area contributed by atoms with Gasteiger partial charge in [-0.1, -0.05) is 28.1 Å². The van der Waals surface area contributed by atoms with Gasteiger partial charge in [0.25, 0.3) is 0 Å². The van der Waals surface area contributed by atoms with E-state index >= 15 is 0 Å². The molecule has 0 spiro atoms. The van der Waals surface area contributed by atoms with Crippen molar-refractivity contribution < 1.29 is 4.79 Å². The topological polar surface area (TPSA) is 46.9 Å². The molecule has 1 N–H and O–H groups in total. The molecule has 0 bridgehead atoms. The highest BCUT2D eigenvalue weighted by Crippen LogP contribution is 2.15. The van der Waals surface area contributed by atoms with Crippen molar-refractivity contribution in [3.63, 3.8) is 0 Å². The van der Waals surface area contributed by atoms with Gasteiger partial charge in [0.15, 0.2) is 0 Å². The Balaban J connectivity index is 1.59. The molecule has 3 rings (SSSR count). The van der Waals surface area contributed by atoms with Gasteiger partial charge in [0.2, 0.25) is 5.91 Å². The minimum Gasteiger partial charge on any atom is -0.311 e. The minimum absolute atomic E-state index is 0.00811. The molecule has 23 heavy (non-hydrogen) atoms. The zero-order valence-corrected chi connectivity index (χ0v) is 14.8. The number of carbonyl (C=O) groups excluding carboxylic acids is 1. The zero-order valence-electron chi connectivity index (χ0n) is 12.4. The summed E-state index contributed by atoms with van der Waals surface area (Å²) in [5.41, 5.74) is 2.33. The zero-order chi connectivity index (χ0) is 16.1. The van der Waals surface area contributed by atoms with Crippen molar-refractivity contribution in [3.8, 4) is 0 Å². The van der Waals surface area contributed by atoms with E-state index in [-0.39, 0.29) is 5.91 Å². The summed E-state index contributed by atoms with van der Waals surface area (Å²) in [6.07, 6.45) is 2.93. The lowest BCUT2D eigenvalue weighted by Crippen LogP contribution is -2.16. The lowest BCUT2D eigenvalue weighted by Gasteiger charge is -2.09. The van der Waals surface area contributed by atoms with Crippen LogP contribution in [0.2, 0.25) is 0 Å². The van der Waals surface area contributed by atoms with E-state index in [1.165, 1.54) is 5.56 Å². The third-order valence-corrected chi connectivity index (χ3v) is 4.71. The van der Waals surface area contributed by atoms with Gasteiger partial charge in [-0.15, -0.1) is 0 Å². The van der Waals surface area contributed by atoms with Gasteiger partial charge in [-0.3, -0.25) is 4.79 Å². The Morgan fingerprint density at radius 3 is 2.74 bits per heavy atom. The number of hydrogen-bond acceptors (Lipinski definition) is 3. The number of aromatic nitrogens is 2. The highest BCUT2D eigenvalue weighted by Gasteiger charge is 2.08. The van der Waals surface area contributed by atoms with E-state index in [4.69, 9.17) is 0 Å². The summed E-state index contributed by atoms with van der Waals surface area (Å²) in [6, 6.07) is 11.9. The SMILES string of the molecule is O=C(CCc1ccsc1)Nc1ccnn1Cc1ccc(Br)cc1. The van der Waals surface area contributed by atoms with Gasteiger partial charge in [0.1, 0.15) is 5.82 Å². The number of hydrogen-bond donors (Lipinski definition) is 1. The lowest BCUT2D eigenvalue weighted by atomic mass is 10.2. The van der Waals surface area contributed by atoms with Gasteiger partial charge in [-0.05, 0) is 46.5 Å². The van der Waals surface area contributed by atoms with Gasteiger partial charge in [-0.25, -0.2) is 4.68 Å². The summed E-state index contributed by atoms with van der Waals surface area (Å²) in [7, 11) is 0. The molecule has 0 saturated heterocycles. The van der Waals surface area contributed by atoms with E-state index in [9.17, 15) is 4.79 Å². The fraction of sp³-hybridized carbons (Fsp3) is 0.176. The third kappa shape index (κ3) is 4.53. The van der Waals surface area contributed by atoms with Gasteiger partial charge < -0.3 is 5.32 Å². The largest absolute Gasteiger partial charge is 0.311 e. The van der Waals surface area contributed by atoms with Crippen molar-refractivity contribution in [2.24, 2.45) is 0 Å². The fourth-order valence-corrected chi connectivity index (χ4v) is 3.19. The molecule has 2 aromatic heterocycles. The van der Waals surface area contributed by atoms with Crippen LogP contribution in [0, 0.1) is 0 Å². The predicted octanol–water partition coefficient (Wildman–Crippen LogP) is 4.33. The first-order valence-electron chi connectivity index (χ1n) is 7.28. The summed E-state index contributed by atoms with van der Waals surface area (Å²) in [5, 5.41) is 11.3. The van der Waals surface area contributed by atoms with Crippen LogP contribution in [0.25, 0.3) is 0 Å². The summed E-state index contributed by atoms with van der Waals surface area (Å²) in [6.45, 7) is 0.625. The average molecular weight is 390 g/mol. The molecular formula is C17H16BrN3OS. The molecule has 2 heterocycles. The van der Waals surface area contributed by atoms with E-state index < -0.39 is 0 Å². The number of nitrogens with zero attached hydrogens (tertiary/aromatic N) is 2. The number of amides is 1. The molecule has 0 radical (unpaired) electrons. The lowest BCUT2D eigenvalue weighted by molar-refractivity contribution is -0.116. The van der Waals surface area contributed by atoms with Gasteiger partial charge in [0, 0.05) is 17.0 Å². The summed E-state index contributed by atoms with van der Waals surface area (Å²) >= 11 is 5.08. The van der Waals surface area contributed by atoms with Crippen molar-refractivity contribution in [2.45, 2.75) is 19.4 Å². The fourth-order valence-electron chi connectivity index (χ4n) is 2.23. The third-order valence-electron chi connectivity index (χ3n) is 3.45. The molecule has 0 aliphatic rings. The molecule has 0 fully saturated rings. The maximum atomic E-state index is 12.1. The van der Waals surface area contributed by atoms with Crippen LogP contribution in [0.3, 0.4) is 0 Å². The van der Waals surface area contributed by atoms with Crippen LogP contribution in [0.5, 0.6) is 0 Å². The Bertz CT molecular complexity index is 766. The smallest absolute Gasteiger partial charge is 0.225 e. The van der Waals surface area contributed by atoms with Crippen LogP contribution in [-0.4, -0.2) is 15.7 Å². The molecule has 1 aromatic carbocycles. The van der Waals surface area contributed by atoms with E-state index in [0.29, 0.717) is 13.0 Å². The second-order valence-corrected chi connectivity index (χ2v) is 6.88. The first-order chi connectivity index (χ1) is 11.2. The van der Waals surface area contributed by atoms with Gasteiger partial charge in [-0.2, -0.15) is 16.4 Å². The standard InChI is InChI=1S/C17H16BrN3OS/c18-15-4-1-13(2-5-15)11-21-16(7-9-19-21)20-17(22)6-3-14-8-10-23-12-14/h1-2,4-5,7-10,12H,3,6,11H2,(H,20,22). The number of rotatable bonds is 6. The minimum atomic E-state index is 0.00811. The predicted molar refractivity (Wildman–Crippen MR) is 96.7 cm³/mol. The van der Waals surface area contributed by atoms with Crippen LogP contribution in [0.1, 0.15) is 17.5 Å². The highest BCUT2D eigenvalue weighted by atomic mass is 79.9. The van der Waals surface area contributed by atoms with E-state index in [1.54, 1.807) is 22.2 Å². The maximum absolute atomic E-state index is 12.1. The Kier molecular flexibility index (Phi) is 5.25. The van der Waals surface area contributed by atoms with Crippen LogP contribution >= 0.6 is 27.3 Å².